The average molecular weight is 631 g/mol. The number of rotatable bonds is 2. The van der Waals surface area contributed by atoms with Crippen LogP contribution < -0.4 is 0 Å². The van der Waals surface area contributed by atoms with Crippen LogP contribution in [-0.2, 0) is 14.1 Å². The maximum atomic E-state index is 13.8. The Morgan fingerprint density at radius 2 is 1.05 bits per heavy atom. The lowest BCUT2D eigenvalue weighted by atomic mass is 10.1. The van der Waals surface area contributed by atoms with Gasteiger partial charge in [0.15, 0.2) is 46.4 Å². The number of nitrogens with zero attached hydrogens (tertiary/aromatic N) is 2. The number of hydrogen-bond acceptors (Lipinski definition) is 6. The fraction of sp³-hybridized carbons (Fsp3) is 0.0625. The van der Waals surface area contributed by atoms with Crippen LogP contribution in [0.4, 0.5) is 17.6 Å². The number of Topliss-reactive ketones (excluding diaryl/α,β-unsaturated/α-hetero) is 4. The van der Waals surface area contributed by atoms with Gasteiger partial charge < -0.3 is 9.13 Å². The van der Waals surface area contributed by atoms with Crippen molar-refractivity contribution in [2.45, 2.75) is 0 Å². The Balaban J connectivity index is 1.20. The maximum Gasteiger partial charge on any atom is 0.197 e. The monoisotopic (exact) mass is 630 g/mol. The van der Waals surface area contributed by atoms with Crippen molar-refractivity contribution in [2.24, 2.45) is 14.1 Å². The molecule has 8 rings (SSSR count). The minimum Gasteiger partial charge on any atom is -0.342 e. The largest absolute Gasteiger partial charge is 0.342 e. The Bertz CT molecular complexity index is 2400. The van der Waals surface area contributed by atoms with Crippen molar-refractivity contribution in [1.82, 2.24) is 9.13 Å². The summed E-state index contributed by atoms with van der Waals surface area (Å²) in [7, 11) is 3.65. The van der Waals surface area contributed by atoms with Gasteiger partial charge in [0.2, 0.25) is 0 Å². The van der Waals surface area contributed by atoms with Gasteiger partial charge in [-0.25, -0.2) is 17.6 Å². The van der Waals surface area contributed by atoms with Crippen LogP contribution in [0.2, 0.25) is 0 Å². The van der Waals surface area contributed by atoms with Crippen molar-refractivity contribution in [3.05, 3.63) is 104 Å². The van der Waals surface area contributed by atoms with E-state index in [2.05, 4.69) is 0 Å². The molecule has 2 aromatic carbocycles. The van der Waals surface area contributed by atoms with Crippen LogP contribution in [0.1, 0.15) is 52.0 Å². The van der Waals surface area contributed by atoms with E-state index in [1.54, 1.807) is 7.05 Å². The molecule has 2 aliphatic rings. The molecule has 2 aliphatic carbocycles. The van der Waals surface area contributed by atoms with E-state index in [0.717, 1.165) is 54.9 Å². The molecule has 12 heteroatoms. The zero-order chi connectivity index (χ0) is 30.9. The number of hydrogen-bond donors (Lipinski definition) is 0. The molecule has 0 radical (unpaired) electrons. The van der Waals surface area contributed by atoms with Crippen molar-refractivity contribution in [2.75, 3.05) is 0 Å². The minimum absolute atomic E-state index is 0.162. The van der Waals surface area contributed by atoms with Gasteiger partial charge in [0, 0.05) is 46.9 Å². The molecule has 0 N–H and O–H groups in total. The molecule has 0 fully saturated rings. The predicted molar refractivity (Wildman–Crippen MR) is 159 cm³/mol. The lowest BCUT2D eigenvalue weighted by molar-refractivity contribution is 0.0975. The Morgan fingerprint density at radius 3 is 1.55 bits per heavy atom. The normalized spacial score (nSPS) is 14.7. The lowest BCUT2D eigenvalue weighted by Gasteiger charge is -2.02. The van der Waals surface area contributed by atoms with Gasteiger partial charge in [-0.15, -0.1) is 22.7 Å². The van der Waals surface area contributed by atoms with Crippen molar-refractivity contribution >= 4 is 88.6 Å². The van der Waals surface area contributed by atoms with Crippen molar-refractivity contribution in [1.29, 1.82) is 0 Å². The van der Waals surface area contributed by atoms with Gasteiger partial charge in [-0.1, -0.05) is 0 Å². The molecule has 0 amide bonds. The van der Waals surface area contributed by atoms with Crippen molar-refractivity contribution in [3.8, 4) is 0 Å². The third kappa shape index (κ3) is 3.40. The fourth-order valence-electron chi connectivity index (χ4n) is 6.00. The van der Waals surface area contributed by atoms with Crippen LogP contribution in [0.5, 0.6) is 0 Å². The molecule has 6 aromatic rings. The summed E-state index contributed by atoms with van der Waals surface area (Å²) in [5.41, 5.74) is 2.11. The topological polar surface area (TPSA) is 78.1 Å². The molecule has 44 heavy (non-hydrogen) atoms. The predicted octanol–water partition coefficient (Wildman–Crippen LogP) is 7.43. The Hall–Kier alpha value is -4.94. The Labute approximate surface area is 251 Å². The third-order valence-corrected chi connectivity index (χ3v) is 10.5. The van der Waals surface area contributed by atoms with Crippen LogP contribution in [0.15, 0.2) is 47.5 Å². The van der Waals surface area contributed by atoms with Gasteiger partial charge >= 0.3 is 0 Å². The van der Waals surface area contributed by atoms with E-state index >= 15 is 0 Å². The van der Waals surface area contributed by atoms with Gasteiger partial charge in [0.25, 0.3) is 0 Å². The van der Waals surface area contributed by atoms with E-state index in [1.807, 2.05) is 28.3 Å². The summed E-state index contributed by atoms with van der Waals surface area (Å²) < 4.78 is 61.5. The number of aromatic nitrogens is 2. The average Bonchev–Trinajstić information content (AvgIpc) is 3.78. The number of carbonyl (C=O) groups is 4. The SMILES string of the molecule is Cn1c(C=C2C(=O)c3cc(F)c(F)cc3C2=O)cc2sc3c4sc(C=C5C(=O)c6cc(F)c(F)cc6C5=O)cc4n(C)c3c21. The first-order chi connectivity index (χ1) is 20.9. The van der Waals surface area contributed by atoms with Crippen molar-refractivity contribution < 1.29 is 36.7 Å². The Morgan fingerprint density at radius 1 is 0.568 bits per heavy atom. The zero-order valence-corrected chi connectivity index (χ0v) is 24.1. The molecular formula is C32H14F4N2O4S2. The van der Waals surface area contributed by atoms with E-state index in [0.29, 0.717) is 10.6 Å². The van der Waals surface area contributed by atoms with Crippen LogP contribution in [0.25, 0.3) is 42.8 Å². The first kappa shape index (κ1) is 26.7. The van der Waals surface area contributed by atoms with Gasteiger partial charge in [-0.2, -0.15) is 0 Å². The van der Waals surface area contributed by atoms with E-state index < -0.39 is 46.4 Å². The minimum atomic E-state index is -1.20. The number of aryl methyl sites for hydroxylation is 2. The first-order valence-corrected chi connectivity index (χ1v) is 14.7. The Kier molecular flexibility index (Phi) is 5.34. The second kappa shape index (κ2) is 8.80. The van der Waals surface area contributed by atoms with Crippen LogP contribution in [0, 0.1) is 23.3 Å². The number of ketones is 4. The molecular weight excluding hydrogens is 616 g/mol. The molecule has 0 saturated heterocycles. The summed E-state index contributed by atoms with van der Waals surface area (Å²) in [5.74, 6) is -7.45. The van der Waals surface area contributed by atoms with E-state index in [4.69, 9.17) is 0 Å². The van der Waals surface area contributed by atoms with E-state index in [-0.39, 0.29) is 33.4 Å². The smallest absolute Gasteiger partial charge is 0.197 e. The number of allylic oxidation sites excluding steroid dienone is 2. The molecule has 4 heterocycles. The quantitative estimate of drug-likeness (QED) is 0.113. The highest BCUT2D eigenvalue weighted by Crippen LogP contribution is 2.45. The first-order valence-electron chi connectivity index (χ1n) is 13.0. The number of benzene rings is 2. The molecule has 0 spiro atoms. The molecule has 0 saturated carbocycles. The second-order valence-electron chi connectivity index (χ2n) is 10.6. The van der Waals surface area contributed by atoms with Crippen LogP contribution in [0.3, 0.4) is 0 Å². The van der Waals surface area contributed by atoms with Gasteiger partial charge in [-0.3, -0.25) is 19.2 Å². The third-order valence-electron chi connectivity index (χ3n) is 8.18. The highest BCUT2D eigenvalue weighted by atomic mass is 32.1. The second-order valence-corrected chi connectivity index (χ2v) is 12.7. The summed E-state index contributed by atoms with van der Waals surface area (Å²) in [6.07, 6.45) is 2.87. The molecule has 0 bridgehead atoms. The summed E-state index contributed by atoms with van der Waals surface area (Å²) >= 11 is 2.84. The molecule has 216 valence electrons. The summed E-state index contributed by atoms with van der Waals surface area (Å²) in [5, 5.41) is 0. The summed E-state index contributed by atoms with van der Waals surface area (Å²) in [4.78, 5) is 52.2. The highest BCUT2D eigenvalue weighted by molar-refractivity contribution is 7.31. The molecule has 6 nitrogen and oxygen atoms in total. The number of thiophene rings is 2. The molecule has 0 aliphatic heterocycles. The number of carbonyl (C=O) groups excluding carboxylic acids is 4. The zero-order valence-electron chi connectivity index (χ0n) is 22.5. The van der Waals surface area contributed by atoms with E-state index in [1.165, 1.54) is 34.8 Å². The highest BCUT2D eigenvalue weighted by Gasteiger charge is 2.36. The van der Waals surface area contributed by atoms with Crippen LogP contribution in [-0.4, -0.2) is 32.3 Å². The molecule has 0 atom stereocenters. The van der Waals surface area contributed by atoms with Gasteiger partial charge in [0.05, 0.1) is 41.8 Å². The lowest BCUT2D eigenvalue weighted by Crippen LogP contribution is -2.02. The van der Waals surface area contributed by atoms with E-state index in [9.17, 15) is 36.7 Å². The summed E-state index contributed by atoms with van der Waals surface area (Å²) in [6, 6.07) is 6.64. The number of halogens is 4. The van der Waals surface area contributed by atoms with Gasteiger partial charge in [-0.05, 0) is 48.6 Å². The fourth-order valence-corrected chi connectivity index (χ4v) is 8.58. The van der Waals surface area contributed by atoms with Crippen LogP contribution >= 0.6 is 22.7 Å². The molecule has 4 aromatic heterocycles. The maximum absolute atomic E-state index is 13.8. The molecule has 0 unspecified atom stereocenters. The van der Waals surface area contributed by atoms with Gasteiger partial charge in [0.1, 0.15) is 0 Å². The van der Waals surface area contributed by atoms with Crippen molar-refractivity contribution in [3.63, 3.8) is 0 Å². The summed E-state index contributed by atoms with van der Waals surface area (Å²) in [6.45, 7) is 0. The number of fused-ring (bicyclic) bond motifs is 7. The standard InChI is InChI=1S/C32H14F4N2O4S2/c1-37-11(3-17-27(39)13-7-19(33)20(34)8-14(13)28(17)40)4-24-25(37)26-32(44-24)31-23(38(26)2)6-12(43-31)5-18-29(41)15-9-21(35)22(36)10-16(15)30(18)42/h3-10H,1-2H3.